The predicted octanol–water partition coefficient (Wildman–Crippen LogP) is 2.88. The van der Waals surface area contributed by atoms with Crippen LogP contribution in [0.5, 0.6) is 0 Å². The summed E-state index contributed by atoms with van der Waals surface area (Å²) < 4.78 is 47.7. The number of ether oxygens (including phenoxy) is 1. The molecule has 3 atom stereocenters. The van der Waals surface area contributed by atoms with Gasteiger partial charge in [0.25, 0.3) is 0 Å². The molecule has 0 spiro atoms. The number of pyridine rings is 1. The van der Waals surface area contributed by atoms with Crippen molar-refractivity contribution in [2.45, 2.75) is 37.0 Å². The molecule has 0 saturated carbocycles. The molecule has 5 N–H and O–H groups in total. The molecule has 0 radical (unpaired) electrons. The van der Waals surface area contributed by atoms with E-state index in [2.05, 4.69) is 15.6 Å². The van der Waals surface area contributed by atoms with Gasteiger partial charge in [0, 0.05) is 24.6 Å². The zero-order chi connectivity index (χ0) is 26.4. The average molecular weight is 515 g/mol. The Morgan fingerprint density at radius 1 is 1.03 bits per heavy atom. The average Bonchev–Trinajstić information content (AvgIpc) is 2.90. The van der Waals surface area contributed by atoms with E-state index in [0.29, 0.717) is 30.6 Å². The Balaban J connectivity index is 1.53. The fourth-order valence-electron chi connectivity index (χ4n) is 4.50. The highest BCUT2D eigenvalue weighted by molar-refractivity contribution is 5.96. The maximum atomic E-state index is 14.8. The number of rotatable bonds is 9. The van der Waals surface area contributed by atoms with Gasteiger partial charge >= 0.3 is 0 Å². The third kappa shape index (κ3) is 6.72. The molecular weight excluding hydrogens is 485 g/mol. The number of aliphatic hydroxyl groups excluding tert-OH is 1. The van der Waals surface area contributed by atoms with Crippen LogP contribution in [0.2, 0.25) is 0 Å². The lowest BCUT2D eigenvalue weighted by Gasteiger charge is -2.30. The molecule has 3 aromatic rings. The molecule has 0 unspecified atom stereocenters. The van der Waals surface area contributed by atoms with Gasteiger partial charge < -0.3 is 26.2 Å². The number of aromatic nitrogens is 1. The molecule has 196 valence electrons. The van der Waals surface area contributed by atoms with Crippen LogP contribution in [0.15, 0.2) is 60.9 Å². The molecule has 4 rings (SSSR count). The van der Waals surface area contributed by atoms with Crippen molar-refractivity contribution in [1.29, 1.82) is 0 Å². The van der Waals surface area contributed by atoms with Crippen LogP contribution >= 0.6 is 0 Å². The summed E-state index contributed by atoms with van der Waals surface area (Å²) in [4.78, 5) is 17.2. The first kappa shape index (κ1) is 26.7. The maximum Gasteiger partial charge on any atom is 0.242 e. The van der Waals surface area contributed by atoms with Gasteiger partial charge in [-0.05, 0) is 48.2 Å². The molecule has 1 aromatic heterocycles. The number of aliphatic hydroxyl groups is 1. The van der Waals surface area contributed by atoms with Crippen molar-refractivity contribution in [3.8, 4) is 0 Å². The monoisotopic (exact) mass is 514 g/mol. The SMILES string of the molecule is N[C@H](C(=O)Nc1cncc(F)c1CC[C@@H]1CNC[C@@H](CO)O1)C(c1ccc(F)cc1)c1ccc(F)cc1. The fraction of sp³-hybridized carbons (Fsp3) is 0.333. The van der Waals surface area contributed by atoms with Gasteiger partial charge in [-0.3, -0.25) is 9.78 Å². The lowest BCUT2D eigenvalue weighted by Crippen LogP contribution is -2.46. The van der Waals surface area contributed by atoms with Crippen LogP contribution in [0, 0.1) is 17.5 Å². The van der Waals surface area contributed by atoms with Crippen LogP contribution < -0.4 is 16.4 Å². The minimum Gasteiger partial charge on any atom is -0.394 e. The number of hydrogen-bond acceptors (Lipinski definition) is 6. The number of nitrogens with one attached hydrogen (secondary N) is 2. The van der Waals surface area contributed by atoms with Crippen LogP contribution in [0.4, 0.5) is 18.9 Å². The molecule has 7 nitrogen and oxygen atoms in total. The third-order valence-corrected chi connectivity index (χ3v) is 6.43. The Morgan fingerprint density at radius 2 is 1.62 bits per heavy atom. The van der Waals surface area contributed by atoms with Gasteiger partial charge in [0.2, 0.25) is 5.91 Å². The van der Waals surface area contributed by atoms with Gasteiger partial charge in [-0.1, -0.05) is 24.3 Å². The molecule has 2 aromatic carbocycles. The Labute approximate surface area is 212 Å². The summed E-state index contributed by atoms with van der Waals surface area (Å²) in [5, 5.41) is 15.2. The molecule has 1 aliphatic heterocycles. The second-order valence-corrected chi connectivity index (χ2v) is 9.00. The summed E-state index contributed by atoms with van der Waals surface area (Å²) in [5.74, 6) is -2.80. The van der Waals surface area contributed by atoms with E-state index in [4.69, 9.17) is 10.5 Å². The van der Waals surface area contributed by atoms with E-state index in [1.165, 1.54) is 54.7 Å². The topological polar surface area (TPSA) is 110 Å². The first-order valence-corrected chi connectivity index (χ1v) is 12.0. The van der Waals surface area contributed by atoms with E-state index >= 15 is 0 Å². The minimum atomic E-state index is -1.16. The first-order chi connectivity index (χ1) is 17.9. The fourth-order valence-corrected chi connectivity index (χ4v) is 4.50. The van der Waals surface area contributed by atoms with Gasteiger partial charge in [0.05, 0.1) is 42.9 Å². The Hall–Kier alpha value is -3.31. The lowest BCUT2D eigenvalue weighted by atomic mass is 9.85. The summed E-state index contributed by atoms with van der Waals surface area (Å²) in [6.07, 6.45) is 2.57. The Bertz CT molecular complexity index is 1150. The van der Waals surface area contributed by atoms with Crippen molar-refractivity contribution in [1.82, 2.24) is 10.3 Å². The molecule has 1 aliphatic rings. The van der Waals surface area contributed by atoms with E-state index < -0.39 is 35.3 Å². The molecular formula is C27H29F3N4O3. The number of amides is 1. The quantitative estimate of drug-likeness (QED) is 0.350. The van der Waals surface area contributed by atoms with Gasteiger partial charge in [0.1, 0.15) is 17.5 Å². The largest absolute Gasteiger partial charge is 0.394 e. The van der Waals surface area contributed by atoms with Gasteiger partial charge in [-0.2, -0.15) is 0 Å². The lowest BCUT2D eigenvalue weighted by molar-refractivity contribution is -0.117. The van der Waals surface area contributed by atoms with Crippen LogP contribution in [-0.4, -0.2) is 53.9 Å². The highest BCUT2D eigenvalue weighted by Gasteiger charge is 2.29. The number of nitrogens with two attached hydrogens (primary N) is 1. The number of nitrogens with zero attached hydrogens (tertiary/aromatic N) is 1. The van der Waals surface area contributed by atoms with Crippen molar-refractivity contribution < 1.29 is 27.8 Å². The molecule has 37 heavy (non-hydrogen) atoms. The first-order valence-electron chi connectivity index (χ1n) is 12.0. The predicted molar refractivity (Wildman–Crippen MR) is 132 cm³/mol. The van der Waals surface area contributed by atoms with E-state index in [1.807, 2.05) is 0 Å². The zero-order valence-corrected chi connectivity index (χ0v) is 20.0. The standard InChI is InChI=1S/C27H29F3N4O3/c28-18-5-1-16(2-6-18)25(17-3-7-19(29)8-4-17)26(31)27(36)34-24-14-33-13-23(30)22(24)10-9-20-11-32-12-21(15-35)37-20/h1-8,13-14,20-21,25-26,32,35H,9-12,15,31H2,(H,34,36)/t20-,21+,26+/m1/s1. The Kier molecular flexibility index (Phi) is 8.88. The summed E-state index contributed by atoms with van der Waals surface area (Å²) in [7, 11) is 0. The molecule has 10 heteroatoms. The molecule has 0 bridgehead atoms. The van der Waals surface area contributed by atoms with Crippen LogP contribution in [0.1, 0.15) is 29.0 Å². The molecule has 1 amide bonds. The highest BCUT2D eigenvalue weighted by Crippen LogP contribution is 2.29. The van der Waals surface area contributed by atoms with Crippen LogP contribution in [-0.2, 0) is 16.0 Å². The molecule has 0 aliphatic carbocycles. The van der Waals surface area contributed by atoms with E-state index in [9.17, 15) is 23.1 Å². The molecule has 1 fully saturated rings. The maximum absolute atomic E-state index is 14.8. The second kappa shape index (κ2) is 12.3. The summed E-state index contributed by atoms with van der Waals surface area (Å²) in [5.41, 5.74) is 7.96. The van der Waals surface area contributed by atoms with Crippen molar-refractivity contribution in [2.24, 2.45) is 5.73 Å². The third-order valence-electron chi connectivity index (χ3n) is 6.43. The number of carbonyl (C=O) groups is 1. The Morgan fingerprint density at radius 3 is 2.22 bits per heavy atom. The van der Waals surface area contributed by atoms with Crippen LogP contribution in [0.3, 0.4) is 0 Å². The van der Waals surface area contributed by atoms with Crippen LogP contribution in [0.25, 0.3) is 0 Å². The van der Waals surface area contributed by atoms with E-state index in [-0.39, 0.29) is 36.5 Å². The molecule has 2 heterocycles. The number of morpholine rings is 1. The van der Waals surface area contributed by atoms with Crippen molar-refractivity contribution >= 4 is 11.6 Å². The highest BCUT2D eigenvalue weighted by atomic mass is 19.1. The smallest absolute Gasteiger partial charge is 0.242 e. The normalized spacial score (nSPS) is 18.5. The summed E-state index contributed by atoms with van der Waals surface area (Å²) in [6, 6.07) is 9.94. The number of halogens is 3. The number of carbonyl (C=O) groups excluding carboxylic acids is 1. The van der Waals surface area contributed by atoms with E-state index in [0.717, 1.165) is 6.20 Å². The van der Waals surface area contributed by atoms with Crippen molar-refractivity contribution in [3.05, 3.63) is 95.1 Å². The van der Waals surface area contributed by atoms with Crippen molar-refractivity contribution in [2.75, 3.05) is 25.0 Å². The minimum absolute atomic E-state index is 0.115. The molecule has 1 saturated heterocycles. The van der Waals surface area contributed by atoms with E-state index in [1.54, 1.807) is 0 Å². The number of benzene rings is 2. The van der Waals surface area contributed by atoms with Crippen molar-refractivity contribution in [3.63, 3.8) is 0 Å². The zero-order valence-electron chi connectivity index (χ0n) is 20.0. The number of hydrogen-bond donors (Lipinski definition) is 4. The summed E-state index contributed by atoms with van der Waals surface area (Å²) in [6.45, 7) is 0.988. The number of anilines is 1. The second-order valence-electron chi connectivity index (χ2n) is 9.00. The van der Waals surface area contributed by atoms with Gasteiger partial charge in [-0.25, -0.2) is 13.2 Å². The van der Waals surface area contributed by atoms with Gasteiger partial charge in [-0.15, -0.1) is 0 Å². The van der Waals surface area contributed by atoms with Gasteiger partial charge in [0.15, 0.2) is 0 Å². The summed E-state index contributed by atoms with van der Waals surface area (Å²) >= 11 is 0.